The second-order valence-electron chi connectivity index (χ2n) is 8.07. The Labute approximate surface area is 201 Å². The average Bonchev–Trinajstić information content (AvgIpc) is 2.87. The van der Waals surface area contributed by atoms with Crippen LogP contribution >= 0.6 is 0 Å². The Morgan fingerprint density at radius 1 is 1.11 bits per heavy atom. The van der Waals surface area contributed by atoms with Crippen LogP contribution in [0.1, 0.15) is 5.56 Å². The summed E-state index contributed by atoms with van der Waals surface area (Å²) < 4.78 is 15.7. The first-order valence-corrected chi connectivity index (χ1v) is 11.2. The maximum absolute atomic E-state index is 12.7. The lowest BCUT2D eigenvalue weighted by Gasteiger charge is -2.29. The average molecular weight is 482 g/mol. The van der Waals surface area contributed by atoms with Crippen molar-refractivity contribution in [2.24, 2.45) is 0 Å². The number of hydrogen-bond acceptors (Lipinski definition) is 8. The molecule has 184 valence electrons. The summed E-state index contributed by atoms with van der Waals surface area (Å²) in [6, 6.07) is 12.3. The Morgan fingerprint density at radius 2 is 1.86 bits per heavy atom. The first-order chi connectivity index (χ1) is 17.0. The fraction of sp³-hybridized carbons (Fsp3) is 0.320. The van der Waals surface area contributed by atoms with E-state index in [2.05, 4.69) is 15.5 Å². The highest BCUT2D eigenvalue weighted by molar-refractivity contribution is 5.98. The number of morpholine rings is 1. The van der Waals surface area contributed by atoms with Crippen molar-refractivity contribution in [2.75, 3.05) is 50.2 Å². The summed E-state index contributed by atoms with van der Waals surface area (Å²) in [5.41, 5.74) is 1.69. The van der Waals surface area contributed by atoms with E-state index in [1.54, 1.807) is 30.3 Å². The molecule has 10 nitrogen and oxygen atoms in total. The molecular weight excluding hydrogens is 454 g/mol. The van der Waals surface area contributed by atoms with Crippen LogP contribution in [-0.2, 0) is 20.7 Å². The molecule has 3 aromatic rings. The third-order valence-electron chi connectivity index (χ3n) is 5.73. The number of carbonyl (C=O) groups is 2. The molecule has 1 aliphatic heterocycles. The normalized spacial score (nSPS) is 14.4. The van der Waals surface area contributed by atoms with E-state index >= 15 is 0 Å². The number of carbonyl (C=O) groups excluding carboxylic acids is 2. The molecule has 1 saturated heterocycles. The number of nitrogens with one attached hydrogen (secondary N) is 2. The van der Waals surface area contributed by atoms with Crippen molar-refractivity contribution in [3.05, 3.63) is 64.5 Å². The molecule has 35 heavy (non-hydrogen) atoms. The standard InChI is InChI=1S/C25H27N3O7/c1-33-19-6-7-20-16(13-24(31)35-22(20)14-19)12-23(30)27-21(15-29)25(32)26-17-2-4-18(5-3-17)28-8-10-34-11-9-28/h2-7,13-14,21,29H,8-12,15H2,1H3,(H,26,32)(H,27,30). The van der Waals surface area contributed by atoms with Gasteiger partial charge in [0.2, 0.25) is 11.8 Å². The Morgan fingerprint density at radius 3 is 2.54 bits per heavy atom. The SMILES string of the molecule is COc1ccc2c(CC(=O)NC(CO)C(=O)Nc3ccc(N4CCOCC4)cc3)cc(=O)oc2c1. The Balaban J connectivity index is 1.39. The quantitative estimate of drug-likeness (QED) is 0.411. The predicted molar refractivity (Wildman–Crippen MR) is 130 cm³/mol. The van der Waals surface area contributed by atoms with Crippen LogP contribution in [0, 0.1) is 0 Å². The molecule has 1 fully saturated rings. The Kier molecular flexibility index (Phi) is 7.64. The van der Waals surface area contributed by atoms with Crippen molar-refractivity contribution >= 4 is 34.2 Å². The number of amides is 2. The molecule has 0 bridgehead atoms. The Hall–Kier alpha value is -3.89. The molecule has 1 unspecified atom stereocenters. The molecule has 4 rings (SSSR count). The van der Waals surface area contributed by atoms with Gasteiger partial charge in [0, 0.05) is 42.0 Å². The van der Waals surface area contributed by atoms with Gasteiger partial charge in [0.05, 0.1) is 33.4 Å². The zero-order chi connectivity index (χ0) is 24.8. The molecule has 0 radical (unpaired) electrons. The van der Waals surface area contributed by atoms with E-state index in [1.807, 2.05) is 12.1 Å². The first-order valence-electron chi connectivity index (χ1n) is 11.2. The van der Waals surface area contributed by atoms with Crippen LogP contribution in [0.5, 0.6) is 5.75 Å². The van der Waals surface area contributed by atoms with Crippen LogP contribution < -0.4 is 25.9 Å². The lowest BCUT2D eigenvalue weighted by atomic mass is 10.1. The van der Waals surface area contributed by atoms with E-state index in [4.69, 9.17) is 13.9 Å². The summed E-state index contributed by atoms with van der Waals surface area (Å²) in [5, 5.41) is 15.5. The van der Waals surface area contributed by atoms with Gasteiger partial charge in [-0.3, -0.25) is 9.59 Å². The number of anilines is 2. The van der Waals surface area contributed by atoms with Crippen LogP contribution in [0.25, 0.3) is 11.0 Å². The summed E-state index contributed by atoms with van der Waals surface area (Å²) in [5.74, 6) is -0.566. The number of ether oxygens (including phenoxy) is 2. The fourth-order valence-corrected chi connectivity index (χ4v) is 3.90. The molecule has 0 aliphatic carbocycles. The van der Waals surface area contributed by atoms with Crippen LogP contribution in [0.2, 0.25) is 0 Å². The number of aliphatic hydroxyl groups is 1. The summed E-state index contributed by atoms with van der Waals surface area (Å²) in [4.78, 5) is 39.5. The van der Waals surface area contributed by atoms with Crippen molar-refractivity contribution in [3.8, 4) is 5.75 Å². The van der Waals surface area contributed by atoms with Crippen molar-refractivity contribution in [1.82, 2.24) is 5.32 Å². The van der Waals surface area contributed by atoms with Crippen LogP contribution in [0.4, 0.5) is 11.4 Å². The Bertz CT molecular complexity index is 1250. The number of aliphatic hydroxyl groups excluding tert-OH is 1. The minimum absolute atomic E-state index is 0.174. The van der Waals surface area contributed by atoms with Crippen molar-refractivity contribution in [2.45, 2.75) is 12.5 Å². The van der Waals surface area contributed by atoms with Gasteiger partial charge in [-0.15, -0.1) is 0 Å². The molecule has 10 heteroatoms. The molecule has 0 spiro atoms. The van der Waals surface area contributed by atoms with Crippen LogP contribution in [0.15, 0.2) is 57.7 Å². The maximum Gasteiger partial charge on any atom is 0.336 e. The van der Waals surface area contributed by atoms with Crippen LogP contribution in [-0.4, -0.2) is 63.0 Å². The summed E-state index contributed by atoms with van der Waals surface area (Å²) in [7, 11) is 1.50. The van der Waals surface area contributed by atoms with Gasteiger partial charge < -0.3 is 34.5 Å². The molecule has 0 saturated carbocycles. The largest absolute Gasteiger partial charge is 0.497 e. The summed E-state index contributed by atoms with van der Waals surface area (Å²) in [6.45, 7) is 2.37. The molecule has 1 atom stereocenters. The van der Waals surface area contributed by atoms with Gasteiger partial charge in [-0.1, -0.05) is 0 Å². The van der Waals surface area contributed by atoms with E-state index in [0.29, 0.717) is 35.6 Å². The highest BCUT2D eigenvalue weighted by Crippen LogP contribution is 2.23. The predicted octanol–water partition coefficient (Wildman–Crippen LogP) is 1.30. The number of methoxy groups -OCH3 is 1. The third kappa shape index (κ3) is 5.97. The molecule has 2 heterocycles. The van der Waals surface area contributed by atoms with E-state index in [0.717, 1.165) is 18.8 Å². The highest BCUT2D eigenvalue weighted by atomic mass is 16.5. The maximum atomic E-state index is 12.7. The second-order valence-corrected chi connectivity index (χ2v) is 8.07. The van der Waals surface area contributed by atoms with E-state index in [1.165, 1.54) is 13.2 Å². The lowest BCUT2D eigenvalue weighted by Crippen LogP contribution is -2.46. The van der Waals surface area contributed by atoms with Gasteiger partial charge in [0.15, 0.2) is 0 Å². The van der Waals surface area contributed by atoms with Crippen molar-refractivity contribution < 1.29 is 28.6 Å². The number of nitrogens with zero attached hydrogens (tertiary/aromatic N) is 1. The smallest absolute Gasteiger partial charge is 0.336 e. The fourth-order valence-electron chi connectivity index (χ4n) is 3.90. The minimum Gasteiger partial charge on any atom is -0.497 e. The first kappa shape index (κ1) is 24.2. The van der Waals surface area contributed by atoms with Gasteiger partial charge in [-0.2, -0.15) is 0 Å². The zero-order valence-electron chi connectivity index (χ0n) is 19.3. The molecule has 2 aromatic carbocycles. The van der Waals surface area contributed by atoms with Gasteiger partial charge in [0.1, 0.15) is 17.4 Å². The van der Waals surface area contributed by atoms with Crippen molar-refractivity contribution in [3.63, 3.8) is 0 Å². The topological polar surface area (TPSA) is 130 Å². The summed E-state index contributed by atoms with van der Waals surface area (Å²) in [6.07, 6.45) is -0.174. The van der Waals surface area contributed by atoms with Crippen molar-refractivity contribution in [1.29, 1.82) is 0 Å². The van der Waals surface area contributed by atoms with Gasteiger partial charge in [0.25, 0.3) is 0 Å². The zero-order valence-corrected chi connectivity index (χ0v) is 19.3. The molecular formula is C25H27N3O7. The molecule has 3 N–H and O–H groups in total. The summed E-state index contributed by atoms with van der Waals surface area (Å²) >= 11 is 0. The second kappa shape index (κ2) is 11.0. The number of fused-ring (bicyclic) bond motifs is 1. The van der Waals surface area contributed by atoms with E-state index in [-0.39, 0.29) is 12.0 Å². The number of rotatable bonds is 8. The van der Waals surface area contributed by atoms with Gasteiger partial charge >= 0.3 is 5.63 Å². The monoisotopic (exact) mass is 481 g/mol. The lowest BCUT2D eigenvalue weighted by molar-refractivity contribution is -0.126. The van der Waals surface area contributed by atoms with E-state index in [9.17, 15) is 19.5 Å². The molecule has 1 aromatic heterocycles. The molecule has 1 aliphatic rings. The highest BCUT2D eigenvalue weighted by Gasteiger charge is 2.21. The minimum atomic E-state index is -1.16. The van der Waals surface area contributed by atoms with Crippen LogP contribution in [0.3, 0.4) is 0 Å². The number of hydrogen-bond donors (Lipinski definition) is 3. The third-order valence-corrected chi connectivity index (χ3v) is 5.73. The van der Waals surface area contributed by atoms with Gasteiger partial charge in [-0.25, -0.2) is 4.79 Å². The number of benzene rings is 2. The van der Waals surface area contributed by atoms with Gasteiger partial charge in [-0.05, 0) is 42.0 Å². The molecule has 2 amide bonds. The van der Waals surface area contributed by atoms with E-state index < -0.39 is 30.1 Å².